The van der Waals surface area contributed by atoms with Crippen LogP contribution in [0.1, 0.15) is 72.3 Å². The third-order valence-corrected chi connectivity index (χ3v) is 6.82. The fourth-order valence-electron chi connectivity index (χ4n) is 4.43. The average Bonchev–Trinajstić information content (AvgIpc) is 2.71. The number of hydrogen-bond donors (Lipinski definition) is 0. The molecule has 1 aliphatic rings. The van der Waals surface area contributed by atoms with Crippen LogP contribution in [-0.2, 0) is 16.1 Å². The first-order valence-corrected chi connectivity index (χ1v) is 10.8. The predicted octanol–water partition coefficient (Wildman–Crippen LogP) is 5.45. The minimum Gasteiger partial charge on any atom is -0.497 e. The first-order valence-electron chi connectivity index (χ1n) is 10.8. The third-order valence-electron chi connectivity index (χ3n) is 6.82. The maximum absolute atomic E-state index is 12.6. The van der Waals surface area contributed by atoms with Crippen molar-refractivity contribution >= 4 is 5.91 Å². The van der Waals surface area contributed by atoms with Crippen LogP contribution in [0.15, 0.2) is 24.3 Å². The van der Waals surface area contributed by atoms with Gasteiger partial charge >= 0.3 is 0 Å². The zero-order chi connectivity index (χ0) is 20.8. The van der Waals surface area contributed by atoms with Crippen LogP contribution in [-0.4, -0.2) is 36.7 Å². The Hall–Kier alpha value is -1.55. The van der Waals surface area contributed by atoms with Crippen LogP contribution < -0.4 is 4.74 Å². The Bertz CT molecular complexity index is 627. The van der Waals surface area contributed by atoms with Crippen molar-refractivity contribution in [2.75, 3.05) is 20.3 Å². The van der Waals surface area contributed by atoms with Gasteiger partial charge in [0.15, 0.2) is 0 Å². The molecular formula is C24H39NO3. The molecule has 0 unspecified atom stereocenters. The van der Waals surface area contributed by atoms with Gasteiger partial charge in [0.1, 0.15) is 5.75 Å². The van der Waals surface area contributed by atoms with Crippen LogP contribution in [0.4, 0.5) is 0 Å². The van der Waals surface area contributed by atoms with E-state index >= 15 is 0 Å². The summed E-state index contributed by atoms with van der Waals surface area (Å²) in [6, 6.07) is 8.03. The molecule has 4 heteroatoms. The van der Waals surface area contributed by atoms with Gasteiger partial charge in [-0.25, -0.2) is 0 Å². The molecule has 0 spiro atoms. The van der Waals surface area contributed by atoms with Gasteiger partial charge in [-0.15, -0.1) is 0 Å². The Morgan fingerprint density at radius 1 is 1.25 bits per heavy atom. The zero-order valence-electron chi connectivity index (χ0n) is 18.7. The van der Waals surface area contributed by atoms with Crippen molar-refractivity contribution in [1.82, 2.24) is 4.90 Å². The Morgan fingerprint density at radius 3 is 2.46 bits per heavy atom. The van der Waals surface area contributed by atoms with E-state index in [1.165, 1.54) is 0 Å². The van der Waals surface area contributed by atoms with Crippen molar-refractivity contribution in [2.45, 2.75) is 78.9 Å². The Balaban J connectivity index is 2.12. The van der Waals surface area contributed by atoms with E-state index < -0.39 is 0 Å². The highest BCUT2D eigenvalue weighted by Gasteiger charge is 2.44. The fraction of sp³-hybridized carbons (Fsp3) is 0.708. The van der Waals surface area contributed by atoms with Gasteiger partial charge in [0.2, 0.25) is 5.91 Å². The lowest BCUT2D eigenvalue weighted by Gasteiger charge is -2.49. The molecule has 0 aromatic heterocycles. The molecule has 1 aliphatic heterocycles. The number of carbonyl (C=O) groups excluding carboxylic acids is 1. The standard InChI is InChI=1S/C24H39NO3/c1-7-22(26)25(17-20-9-11-21(27-6)12-10-20)15-13-24(19(3)4)14-16-28-23(5,8-2)18-24/h9-12,19H,7-8,13-18H2,1-6H3/t23-,24+/m0/s1. The van der Waals surface area contributed by atoms with E-state index in [0.29, 0.717) is 18.9 Å². The van der Waals surface area contributed by atoms with Gasteiger partial charge in [-0.05, 0) is 61.6 Å². The van der Waals surface area contributed by atoms with E-state index in [2.05, 4.69) is 39.8 Å². The smallest absolute Gasteiger partial charge is 0.222 e. The molecule has 158 valence electrons. The molecule has 0 aliphatic carbocycles. The van der Waals surface area contributed by atoms with Crippen LogP contribution in [0.2, 0.25) is 0 Å². The minimum atomic E-state index is -0.0436. The Morgan fingerprint density at radius 2 is 1.93 bits per heavy atom. The van der Waals surface area contributed by atoms with Crippen LogP contribution >= 0.6 is 0 Å². The lowest BCUT2D eigenvalue weighted by Crippen LogP contribution is -2.47. The van der Waals surface area contributed by atoms with Gasteiger partial charge in [-0.2, -0.15) is 0 Å². The third kappa shape index (κ3) is 5.50. The van der Waals surface area contributed by atoms with Crippen molar-refractivity contribution in [3.05, 3.63) is 29.8 Å². The molecule has 1 saturated heterocycles. The predicted molar refractivity (Wildman–Crippen MR) is 114 cm³/mol. The van der Waals surface area contributed by atoms with Gasteiger partial charge in [-0.1, -0.05) is 39.8 Å². The SMILES string of the molecule is CCC(=O)N(CC[C@@]1(C(C)C)CCO[C@@](C)(CC)C1)Cc1ccc(OC)cc1. The minimum absolute atomic E-state index is 0.0436. The second-order valence-electron chi connectivity index (χ2n) is 8.86. The second kappa shape index (κ2) is 9.78. The number of hydrogen-bond acceptors (Lipinski definition) is 3. The highest BCUT2D eigenvalue weighted by Crippen LogP contribution is 2.48. The van der Waals surface area contributed by atoms with Crippen molar-refractivity contribution < 1.29 is 14.3 Å². The van der Waals surface area contributed by atoms with E-state index in [1.54, 1.807) is 7.11 Å². The summed E-state index contributed by atoms with van der Waals surface area (Å²) in [6.45, 7) is 13.4. The van der Waals surface area contributed by atoms with Crippen LogP contribution in [0, 0.1) is 11.3 Å². The number of amides is 1. The number of methoxy groups -OCH3 is 1. The highest BCUT2D eigenvalue weighted by molar-refractivity contribution is 5.75. The number of rotatable bonds is 9. The largest absolute Gasteiger partial charge is 0.497 e. The van der Waals surface area contributed by atoms with Gasteiger partial charge in [-0.3, -0.25) is 4.79 Å². The lowest BCUT2D eigenvalue weighted by atomic mass is 9.64. The van der Waals surface area contributed by atoms with Crippen LogP contribution in [0.3, 0.4) is 0 Å². The van der Waals surface area contributed by atoms with Crippen molar-refractivity contribution in [2.24, 2.45) is 11.3 Å². The Labute approximate surface area is 171 Å². The van der Waals surface area contributed by atoms with E-state index in [-0.39, 0.29) is 16.9 Å². The molecule has 1 fully saturated rings. The first kappa shape index (κ1) is 22.7. The molecule has 1 aromatic rings. The maximum Gasteiger partial charge on any atom is 0.222 e. The van der Waals surface area contributed by atoms with Crippen molar-refractivity contribution in [1.29, 1.82) is 0 Å². The summed E-state index contributed by atoms with van der Waals surface area (Å²) < 4.78 is 11.4. The van der Waals surface area contributed by atoms with Gasteiger partial charge in [0.25, 0.3) is 0 Å². The molecule has 2 atom stereocenters. The lowest BCUT2D eigenvalue weighted by molar-refractivity contribution is -0.140. The summed E-state index contributed by atoms with van der Waals surface area (Å²) in [7, 11) is 1.67. The monoisotopic (exact) mass is 389 g/mol. The van der Waals surface area contributed by atoms with E-state index in [0.717, 1.165) is 50.1 Å². The summed E-state index contributed by atoms with van der Waals surface area (Å²) in [5.41, 5.74) is 1.33. The molecule has 1 heterocycles. The molecule has 28 heavy (non-hydrogen) atoms. The molecular weight excluding hydrogens is 350 g/mol. The molecule has 2 rings (SSSR count). The summed E-state index contributed by atoms with van der Waals surface area (Å²) in [5.74, 6) is 1.64. The Kier molecular flexibility index (Phi) is 7.94. The number of ether oxygens (including phenoxy) is 2. The molecule has 4 nitrogen and oxygen atoms in total. The molecule has 1 aromatic carbocycles. The molecule has 0 radical (unpaired) electrons. The number of carbonyl (C=O) groups is 1. The van der Waals surface area contributed by atoms with Gasteiger partial charge in [0.05, 0.1) is 12.7 Å². The van der Waals surface area contributed by atoms with Crippen molar-refractivity contribution in [3.8, 4) is 5.75 Å². The van der Waals surface area contributed by atoms with Crippen LogP contribution in [0.5, 0.6) is 5.75 Å². The first-order chi connectivity index (χ1) is 13.3. The molecule has 0 bridgehead atoms. The quantitative estimate of drug-likeness (QED) is 0.564. The zero-order valence-corrected chi connectivity index (χ0v) is 18.7. The average molecular weight is 390 g/mol. The summed E-state index contributed by atoms with van der Waals surface area (Å²) in [6.07, 6.45) is 4.76. The number of nitrogens with zero attached hydrogens (tertiary/aromatic N) is 1. The van der Waals surface area contributed by atoms with E-state index in [9.17, 15) is 4.79 Å². The topological polar surface area (TPSA) is 38.8 Å². The number of benzene rings is 1. The maximum atomic E-state index is 12.6. The van der Waals surface area contributed by atoms with Gasteiger partial charge in [0, 0.05) is 26.1 Å². The summed E-state index contributed by atoms with van der Waals surface area (Å²) in [4.78, 5) is 14.7. The normalized spacial score (nSPS) is 25.0. The summed E-state index contributed by atoms with van der Waals surface area (Å²) in [5, 5.41) is 0. The molecule has 1 amide bonds. The second-order valence-corrected chi connectivity index (χ2v) is 8.86. The summed E-state index contributed by atoms with van der Waals surface area (Å²) >= 11 is 0. The highest BCUT2D eigenvalue weighted by atomic mass is 16.5. The van der Waals surface area contributed by atoms with Crippen molar-refractivity contribution in [3.63, 3.8) is 0 Å². The van der Waals surface area contributed by atoms with Crippen LogP contribution in [0.25, 0.3) is 0 Å². The van der Waals surface area contributed by atoms with E-state index in [4.69, 9.17) is 9.47 Å². The fourth-order valence-corrected chi connectivity index (χ4v) is 4.43. The molecule has 0 N–H and O–H groups in total. The van der Waals surface area contributed by atoms with Gasteiger partial charge < -0.3 is 14.4 Å². The molecule has 0 saturated carbocycles. The van der Waals surface area contributed by atoms with E-state index in [1.807, 2.05) is 24.0 Å².